The van der Waals surface area contributed by atoms with Crippen molar-refractivity contribution in [1.82, 2.24) is 9.80 Å². The van der Waals surface area contributed by atoms with E-state index in [-0.39, 0.29) is 16.9 Å². The average Bonchev–Trinajstić information content (AvgIpc) is 3.02. The Hall–Kier alpha value is -0.610. The summed E-state index contributed by atoms with van der Waals surface area (Å²) in [7, 11) is 2.12. The van der Waals surface area contributed by atoms with Crippen molar-refractivity contribution in [2.24, 2.45) is 11.1 Å². The first-order chi connectivity index (χ1) is 7.41. The Balaban J connectivity index is 2.04. The van der Waals surface area contributed by atoms with E-state index in [1.807, 2.05) is 4.90 Å². The lowest BCUT2D eigenvalue weighted by Gasteiger charge is -2.46. The van der Waals surface area contributed by atoms with E-state index in [0.29, 0.717) is 6.54 Å². The summed E-state index contributed by atoms with van der Waals surface area (Å²) in [5.74, 6) is 0.288. The van der Waals surface area contributed by atoms with Crippen LogP contribution in [0.2, 0.25) is 0 Å². The van der Waals surface area contributed by atoms with Gasteiger partial charge >= 0.3 is 0 Å². The number of hydrogen-bond acceptors (Lipinski definition) is 3. The van der Waals surface area contributed by atoms with Crippen LogP contribution in [0.3, 0.4) is 0 Å². The largest absolute Gasteiger partial charge is 0.339 e. The maximum absolute atomic E-state index is 12.3. The molecule has 0 bridgehead atoms. The summed E-state index contributed by atoms with van der Waals surface area (Å²) < 4.78 is 0. The van der Waals surface area contributed by atoms with Crippen LogP contribution in [0.4, 0.5) is 0 Å². The molecule has 4 heteroatoms. The molecule has 92 valence electrons. The molecule has 0 atom stereocenters. The van der Waals surface area contributed by atoms with Gasteiger partial charge in [-0.2, -0.15) is 0 Å². The van der Waals surface area contributed by atoms with Gasteiger partial charge in [0.25, 0.3) is 0 Å². The summed E-state index contributed by atoms with van der Waals surface area (Å²) in [4.78, 5) is 16.7. The van der Waals surface area contributed by atoms with Crippen LogP contribution >= 0.6 is 0 Å². The Bertz CT molecular complexity index is 297. The van der Waals surface area contributed by atoms with Crippen molar-refractivity contribution in [1.29, 1.82) is 0 Å². The number of hydrogen-bond donors (Lipinski definition) is 1. The Morgan fingerprint density at radius 3 is 2.38 bits per heavy atom. The minimum atomic E-state index is -0.189. The molecule has 2 N–H and O–H groups in total. The standard InChI is InChI=1S/C12H23N3O/c1-11(2)9-15(7-6-14(11)3)10(16)12(8-13)4-5-12/h4-9,13H2,1-3H3. The maximum Gasteiger partial charge on any atom is 0.230 e. The van der Waals surface area contributed by atoms with Gasteiger partial charge in [0, 0.05) is 31.7 Å². The first kappa shape index (κ1) is 11.9. The van der Waals surface area contributed by atoms with E-state index in [4.69, 9.17) is 5.73 Å². The van der Waals surface area contributed by atoms with Crippen LogP contribution in [0, 0.1) is 5.41 Å². The third kappa shape index (κ3) is 1.84. The monoisotopic (exact) mass is 225 g/mol. The zero-order valence-electron chi connectivity index (χ0n) is 10.6. The Kier molecular flexibility index (Phi) is 2.75. The van der Waals surface area contributed by atoms with Crippen molar-refractivity contribution in [3.05, 3.63) is 0 Å². The summed E-state index contributed by atoms with van der Waals surface area (Å²) in [5, 5.41) is 0. The molecule has 1 amide bonds. The van der Waals surface area contributed by atoms with E-state index in [1.54, 1.807) is 0 Å². The molecule has 1 heterocycles. The zero-order chi connectivity index (χ0) is 12.0. The lowest BCUT2D eigenvalue weighted by atomic mass is 9.97. The van der Waals surface area contributed by atoms with Crippen molar-refractivity contribution < 1.29 is 4.79 Å². The van der Waals surface area contributed by atoms with Crippen molar-refractivity contribution in [2.75, 3.05) is 33.2 Å². The van der Waals surface area contributed by atoms with Crippen molar-refractivity contribution in [3.63, 3.8) is 0 Å². The Morgan fingerprint density at radius 1 is 1.31 bits per heavy atom. The second-order valence-electron chi connectivity index (χ2n) is 5.95. The summed E-state index contributed by atoms with van der Waals surface area (Å²) >= 11 is 0. The fourth-order valence-corrected chi connectivity index (χ4v) is 2.41. The molecule has 0 aromatic carbocycles. The van der Waals surface area contributed by atoms with Gasteiger partial charge in [-0.1, -0.05) is 0 Å². The quantitative estimate of drug-likeness (QED) is 0.734. The first-order valence-corrected chi connectivity index (χ1v) is 6.12. The molecule has 0 unspecified atom stereocenters. The smallest absolute Gasteiger partial charge is 0.230 e. The molecule has 1 saturated heterocycles. The average molecular weight is 225 g/mol. The van der Waals surface area contributed by atoms with Gasteiger partial charge in [-0.15, -0.1) is 0 Å². The highest BCUT2D eigenvalue weighted by Crippen LogP contribution is 2.46. The summed E-state index contributed by atoms with van der Waals surface area (Å²) in [6, 6.07) is 0. The van der Waals surface area contributed by atoms with Gasteiger partial charge in [0.2, 0.25) is 5.91 Å². The highest BCUT2D eigenvalue weighted by atomic mass is 16.2. The second kappa shape index (κ2) is 3.70. The van der Waals surface area contributed by atoms with E-state index in [0.717, 1.165) is 32.5 Å². The van der Waals surface area contributed by atoms with Crippen LogP contribution in [0.5, 0.6) is 0 Å². The van der Waals surface area contributed by atoms with Crippen LogP contribution in [0.15, 0.2) is 0 Å². The molecular formula is C12H23N3O. The van der Waals surface area contributed by atoms with Crippen LogP contribution in [-0.4, -0.2) is 54.5 Å². The minimum Gasteiger partial charge on any atom is -0.339 e. The van der Waals surface area contributed by atoms with Gasteiger partial charge in [0.1, 0.15) is 0 Å². The topological polar surface area (TPSA) is 49.6 Å². The van der Waals surface area contributed by atoms with Gasteiger partial charge in [0.15, 0.2) is 0 Å². The van der Waals surface area contributed by atoms with Gasteiger partial charge in [-0.3, -0.25) is 9.69 Å². The molecular weight excluding hydrogens is 202 g/mol. The lowest BCUT2D eigenvalue weighted by molar-refractivity contribution is -0.141. The van der Waals surface area contributed by atoms with Crippen molar-refractivity contribution in [3.8, 4) is 0 Å². The highest BCUT2D eigenvalue weighted by Gasteiger charge is 2.51. The molecule has 2 rings (SSSR count). The van der Waals surface area contributed by atoms with Gasteiger partial charge < -0.3 is 10.6 Å². The number of carbonyl (C=O) groups excluding carboxylic acids is 1. The molecule has 1 aliphatic heterocycles. The maximum atomic E-state index is 12.3. The number of nitrogens with two attached hydrogens (primary N) is 1. The van der Waals surface area contributed by atoms with Crippen molar-refractivity contribution in [2.45, 2.75) is 32.2 Å². The summed E-state index contributed by atoms with van der Waals surface area (Å²) in [6.07, 6.45) is 1.96. The third-order valence-electron chi connectivity index (χ3n) is 4.30. The van der Waals surface area contributed by atoms with Gasteiger partial charge in [-0.05, 0) is 33.7 Å². The molecule has 16 heavy (non-hydrogen) atoms. The molecule has 0 radical (unpaired) electrons. The van der Waals surface area contributed by atoms with Gasteiger partial charge in [-0.25, -0.2) is 0 Å². The minimum absolute atomic E-state index is 0.0819. The fourth-order valence-electron chi connectivity index (χ4n) is 2.41. The predicted molar refractivity (Wildman–Crippen MR) is 64.0 cm³/mol. The van der Waals surface area contributed by atoms with E-state index in [9.17, 15) is 4.79 Å². The number of piperazine rings is 1. The summed E-state index contributed by atoms with van der Waals surface area (Å²) in [6.45, 7) is 7.52. The molecule has 1 saturated carbocycles. The Morgan fingerprint density at radius 2 is 1.94 bits per heavy atom. The van der Waals surface area contributed by atoms with Gasteiger partial charge in [0.05, 0.1) is 5.41 Å². The summed E-state index contributed by atoms with van der Waals surface area (Å²) in [5.41, 5.74) is 5.61. The number of carbonyl (C=O) groups is 1. The number of likely N-dealkylation sites (N-methyl/N-ethyl adjacent to an activating group) is 1. The molecule has 1 aliphatic carbocycles. The molecule has 0 aromatic heterocycles. The highest BCUT2D eigenvalue weighted by molar-refractivity contribution is 5.85. The first-order valence-electron chi connectivity index (χ1n) is 6.12. The SMILES string of the molecule is CN1CCN(C(=O)C2(CN)CC2)CC1(C)C. The van der Waals surface area contributed by atoms with E-state index < -0.39 is 0 Å². The van der Waals surface area contributed by atoms with Crippen LogP contribution in [0.1, 0.15) is 26.7 Å². The fraction of sp³-hybridized carbons (Fsp3) is 0.917. The second-order valence-corrected chi connectivity index (χ2v) is 5.95. The van der Waals surface area contributed by atoms with Crippen LogP contribution in [-0.2, 0) is 4.79 Å². The van der Waals surface area contributed by atoms with Crippen LogP contribution < -0.4 is 5.73 Å². The predicted octanol–water partition coefficient (Wildman–Crippen LogP) is 0.278. The molecule has 2 aliphatic rings. The molecule has 2 fully saturated rings. The lowest BCUT2D eigenvalue weighted by Crippen LogP contribution is -2.60. The molecule has 0 aromatic rings. The number of amides is 1. The molecule has 0 spiro atoms. The third-order valence-corrected chi connectivity index (χ3v) is 4.30. The van der Waals surface area contributed by atoms with Crippen LogP contribution in [0.25, 0.3) is 0 Å². The zero-order valence-corrected chi connectivity index (χ0v) is 10.6. The number of rotatable bonds is 2. The van der Waals surface area contributed by atoms with Crippen molar-refractivity contribution >= 4 is 5.91 Å². The number of nitrogens with zero attached hydrogens (tertiary/aromatic N) is 2. The van der Waals surface area contributed by atoms with E-state index >= 15 is 0 Å². The Labute approximate surface area is 97.8 Å². The molecule has 4 nitrogen and oxygen atoms in total. The normalized spacial score (nSPS) is 27.9. The van der Waals surface area contributed by atoms with E-state index in [1.165, 1.54) is 0 Å². The van der Waals surface area contributed by atoms with E-state index in [2.05, 4.69) is 25.8 Å².